The van der Waals surface area contributed by atoms with Crippen LogP contribution in [0, 0.1) is 17.2 Å². The molecule has 0 aliphatic carbocycles. The van der Waals surface area contributed by atoms with Gasteiger partial charge in [-0.2, -0.15) is 0 Å². The third-order valence-electron chi connectivity index (χ3n) is 3.52. The second kappa shape index (κ2) is 7.04. The summed E-state index contributed by atoms with van der Waals surface area (Å²) in [5.41, 5.74) is 1.28. The summed E-state index contributed by atoms with van der Waals surface area (Å²) in [4.78, 5) is 0. The number of rotatable bonds is 6. The van der Waals surface area contributed by atoms with Gasteiger partial charge in [0.05, 0.1) is 0 Å². The molecule has 0 radical (unpaired) electrons. The van der Waals surface area contributed by atoms with Crippen LogP contribution < -0.4 is 5.32 Å². The summed E-state index contributed by atoms with van der Waals surface area (Å²) in [6.45, 7) is 12.2. The Hall–Kier alpha value is -0.890. The van der Waals surface area contributed by atoms with Crippen LogP contribution in [0.25, 0.3) is 0 Å². The van der Waals surface area contributed by atoms with Crippen molar-refractivity contribution in [1.29, 1.82) is 0 Å². The van der Waals surface area contributed by atoms with Gasteiger partial charge in [-0.05, 0) is 42.0 Å². The number of benzene rings is 1. The summed E-state index contributed by atoms with van der Waals surface area (Å²) in [5.74, 6) is 0.506. The van der Waals surface area contributed by atoms with Crippen LogP contribution in [-0.4, -0.2) is 6.54 Å². The Morgan fingerprint density at radius 1 is 1.16 bits per heavy atom. The van der Waals surface area contributed by atoms with E-state index in [0.29, 0.717) is 5.92 Å². The van der Waals surface area contributed by atoms with Gasteiger partial charge in [0.2, 0.25) is 0 Å². The minimum absolute atomic E-state index is 0.115. The Morgan fingerprint density at radius 2 is 1.74 bits per heavy atom. The van der Waals surface area contributed by atoms with Crippen molar-refractivity contribution in [2.24, 2.45) is 11.3 Å². The molecular formula is C17H28FN. The van der Waals surface area contributed by atoms with Gasteiger partial charge in [0.1, 0.15) is 5.82 Å². The Bertz CT molecular complexity index is 364. The molecule has 0 bridgehead atoms. The van der Waals surface area contributed by atoms with Crippen LogP contribution in [0.3, 0.4) is 0 Å². The summed E-state index contributed by atoms with van der Waals surface area (Å²) >= 11 is 0. The summed E-state index contributed by atoms with van der Waals surface area (Å²) < 4.78 is 13.0. The van der Waals surface area contributed by atoms with Crippen LogP contribution in [0.4, 0.5) is 4.39 Å². The molecule has 2 atom stereocenters. The first-order chi connectivity index (χ1) is 8.84. The molecule has 2 unspecified atom stereocenters. The van der Waals surface area contributed by atoms with Crippen molar-refractivity contribution in [2.75, 3.05) is 6.54 Å². The van der Waals surface area contributed by atoms with Gasteiger partial charge in [0.25, 0.3) is 0 Å². The van der Waals surface area contributed by atoms with Crippen LogP contribution >= 0.6 is 0 Å². The molecule has 1 aromatic carbocycles. The summed E-state index contributed by atoms with van der Waals surface area (Å²) in [5, 5.41) is 3.66. The molecule has 0 saturated carbocycles. The molecule has 0 spiro atoms. The maximum Gasteiger partial charge on any atom is 0.123 e. The Labute approximate surface area is 117 Å². The predicted octanol–water partition coefficient (Wildman–Crippen LogP) is 4.94. The summed E-state index contributed by atoms with van der Waals surface area (Å²) in [7, 11) is 0. The van der Waals surface area contributed by atoms with Gasteiger partial charge in [0, 0.05) is 6.04 Å². The zero-order valence-electron chi connectivity index (χ0n) is 13.0. The normalized spacial score (nSPS) is 15.3. The van der Waals surface area contributed by atoms with Gasteiger partial charge < -0.3 is 5.32 Å². The standard InChI is InChI=1S/C17H28FN/c1-6-7-13(2)12-19-16(17(3,4)5)14-8-10-15(18)11-9-14/h8-11,13,16,19H,6-7,12H2,1-5H3. The van der Waals surface area contributed by atoms with Gasteiger partial charge in [-0.15, -0.1) is 0 Å². The van der Waals surface area contributed by atoms with Crippen molar-refractivity contribution in [3.63, 3.8) is 0 Å². The van der Waals surface area contributed by atoms with E-state index in [9.17, 15) is 4.39 Å². The molecule has 1 nitrogen and oxygen atoms in total. The molecule has 1 rings (SSSR count). The van der Waals surface area contributed by atoms with Gasteiger partial charge in [-0.1, -0.05) is 53.2 Å². The molecule has 0 heterocycles. The number of hydrogen-bond acceptors (Lipinski definition) is 1. The zero-order chi connectivity index (χ0) is 14.5. The second-order valence-electron chi connectivity index (χ2n) is 6.65. The Balaban J connectivity index is 2.76. The number of nitrogens with one attached hydrogen (secondary N) is 1. The molecule has 0 aromatic heterocycles. The van der Waals surface area contributed by atoms with Gasteiger partial charge in [-0.3, -0.25) is 0 Å². The Morgan fingerprint density at radius 3 is 2.21 bits per heavy atom. The highest BCUT2D eigenvalue weighted by molar-refractivity contribution is 5.21. The number of halogens is 1. The molecule has 2 heteroatoms. The molecule has 1 aromatic rings. The highest BCUT2D eigenvalue weighted by Gasteiger charge is 2.26. The third kappa shape index (κ3) is 5.32. The first-order valence-electron chi connectivity index (χ1n) is 7.33. The quantitative estimate of drug-likeness (QED) is 0.768. The lowest BCUT2D eigenvalue weighted by Gasteiger charge is -2.33. The van der Waals surface area contributed by atoms with Gasteiger partial charge >= 0.3 is 0 Å². The minimum Gasteiger partial charge on any atom is -0.309 e. The van der Waals surface area contributed by atoms with E-state index < -0.39 is 0 Å². The van der Waals surface area contributed by atoms with Crippen molar-refractivity contribution in [1.82, 2.24) is 5.32 Å². The van der Waals surface area contributed by atoms with Crippen molar-refractivity contribution in [2.45, 2.75) is 53.5 Å². The highest BCUT2D eigenvalue weighted by atomic mass is 19.1. The smallest absolute Gasteiger partial charge is 0.123 e. The van der Waals surface area contributed by atoms with E-state index in [1.165, 1.54) is 12.8 Å². The van der Waals surface area contributed by atoms with E-state index in [1.807, 2.05) is 12.1 Å². The topological polar surface area (TPSA) is 12.0 Å². The Kier molecular flexibility index (Phi) is 5.99. The first-order valence-corrected chi connectivity index (χ1v) is 7.33. The van der Waals surface area contributed by atoms with Crippen LogP contribution in [0.2, 0.25) is 0 Å². The molecular weight excluding hydrogens is 237 g/mol. The van der Waals surface area contributed by atoms with Crippen LogP contribution in [0.1, 0.15) is 59.1 Å². The van der Waals surface area contributed by atoms with Gasteiger partial charge in [0.15, 0.2) is 0 Å². The molecule has 0 saturated heterocycles. The van der Waals surface area contributed by atoms with E-state index in [2.05, 4.69) is 39.9 Å². The number of hydrogen-bond donors (Lipinski definition) is 1. The van der Waals surface area contributed by atoms with Crippen molar-refractivity contribution in [3.8, 4) is 0 Å². The molecule has 0 aliphatic rings. The average molecular weight is 265 g/mol. The van der Waals surface area contributed by atoms with Crippen molar-refractivity contribution >= 4 is 0 Å². The van der Waals surface area contributed by atoms with E-state index >= 15 is 0 Å². The van der Waals surface area contributed by atoms with Crippen LogP contribution in [-0.2, 0) is 0 Å². The fourth-order valence-corrected chi connectivity index (χ4v) is 2.49. The van der Waals surface area contributed by atoms with E-state index in [0.717, 1.165) is 12.1 Å². The maximum absolute atomic E-state index is 13.0. The van der Waals surface area contributed by atoms with Gasteiger partial charge in [-0.25, -0.2) is 4.39 Å². The summed E-state index contributed by atoms with van der Waals surface area (Å²) in [6.07, 6.45) is 2.47. The van der Waals surface area contributed by atoms with E-state index in [1.54, 1.807) is 12.1 Å². The van der Waals surface area contributed by atoms with Crippen molar-refractivity contribution < 1.29 is 4.39 Å². The molecule has 0 amide bonds. The van der Waals surface area contributed by atoms with E-state index in [4.69, 9.17) is 0 Å². The van der Waals surface area contributed by atoms with Crippen LogP contribution in [0.5, 0.6) is 0 Å². The largest absolute Gasteiger partial charge is 0.309 e. The lowest BCUT2D eigenvalue weighted by atomic mass is 9.82. The monoisotopic (exact) mass is 265 g/mol. The fraction of sp³-hybridized carbons (Fsp3) is 0.647. The van der Waals surface area contributed by atoms with Crippen LogP contribution in [0.15, 0.2) is 24.3 Å². The molecule has 0 fully saturated rings. The predicted molar refractivity (Wildman–Crippen MR) is 80.7 cm³/mol. The molecule has 108 valence electrons. The maximum atomic E-state index is 13.0. The lowest BCUT2D eigenvalue weighted by molar-refractivity contribution is 0.259. The fourth-order valence-electron chi connectivity index (χ4n) is 2.49. The molecule has 0 aliphatic heterocycles. The second-order valence-corrected chi connectivity index (χ2v) is 6.65. The zero-order valence-corrected chi connectivity index (χ0v) is 13.0. The SMILES string of the molecule is CCCC(C)CNC(c1ccc(F)cc1)C(C)(C)C. The average Bonchev–Trinajstić information content (AvgIpc) is 2.30. The first kappa shape index (κ1) is 16.2. The van der Waals surface area contributed by atoms with E-state index in [-0.39, 0.29) is 17.3 Å². The third-order valence-corrected chi connectivity index (χ3v) is 3.52. The molecule has 1 N–H and O–H groups in total. The van der Waals surface area contributed by atoms with Crippen molar-refractivity contribution in [3.05, 3.63) is 35.6 Å². The lowest BCUT2D eigenvalue weighted by Crippen LogP contribution is -2.35. The summed E-state index contributed by atoms with van der Waals surface area (Å²) in [6, 6.07) is 7.13. The molecule has 19 heavy (non-hydrogen) atoms. The minimum atomic E-state index is -0.171. The highest BCUT2D eigenvalue weighted by Crippen LogP contribution is 2.33.